The standard InChI is InChI=1S/C38H44O12/c1-19(2)37-29(46-31(41)23-14-10-8-11-15-23)21(4)38-25-18-20(3)28(45-22(5)39)36(25,44)33(47-32(42)24-16-12-9-13-17-24)34(6,43)27(40)26(38)30(37)48-35(7,49-37)50-38/h8-17,20-21,25-30,33,40,43-44H,1,18H2,2-7H3/t20-,21+,25+,26-,27-,28-,29-,30+,33+,34+,35+,36+,37-,38-/m0/s1. The van der Waals surface area contributed by atoms with E-state index in [9.17, 15) is 29.7 Å². The number of benzene rings is 2. The van der Waals surface area contributed by atoms with Crippen molar-refractivity contribution in [2.45, 2.75) is 107 Å². The number of aliphatic hydroxyl groups excluding tert-OH is 1. The Morgan fingerprint density at radius 2 is 1.40 bits per heavy atom. The van der Waals surface area contributed by atoms with E-state index in [1.54, 1.807) is 76.2 Å². The second kappa shape index (κ2) is 11.4. The number of ether oxygens (including phenoxy) is 6. The summed E-state index contributed by atoms with van der Waals surface area (Å²) in [5.41, 5.74) is -7.20. The molecule has 3 saturated carbocycles. The molecule has 2 aromatic carbocycles. The highest BCUT2D eigenvalue weighted by atomic mass is 16.9. The monoisotopic (exact) mass is 692 g/mol. The number of aliphatic hydroxyl groups is 3. The molecule has 12 heteroatoms. The van der Waals surface area contributed by atoms with Gasteiger partial charge in [0.2, 0.25) is 0 Å². The second-order valence-electron chi connectivity index (χ2n) is 15.0. The smallest absolute Gasteiger partial charge is 0.338 e. The minimum Gasteiger partial charge on any atom is -0.459 e. The van der Waals surface area contributed by atoms with Crippen LogP contribution in [0.1, 0.15) is 68.7 Å². The third-order valence-electron chi connectivity index (χ3n) is 11.9. The summed E-state index contributed by atoms with van der Waals surface area (Å²) in [7, 11) is 0. The molecule has 2 aliphatic heterocycles. The average molecular weight is 693 g/mol. The fourth-order valence-electron chi connectivity index (χ4n) is 10.1. The SMILES string of the molecule is C=C(C)[C@@]12O[C@@]3(C)O[C@@H]1[C@@H]1[C@H](O)[C@@](C)(O)[C@@H](OC(=O)c4ccccc4)[C@@]4(O)[C@@H](C[C@H](C)[C@@H]4OC(C)=O)[C@@]1(O3)[C@H](C)[C@@H]2OC(=O)c1ccccc1. The molecule has 3 N–H and O–H groups in total. The third kappa shape index (κ3) is 4.55. The number of esters is 3. The van der Waals surface area contributed by atoms with Crippen molar-refractivity contribution in [1.82, 2.24) is 0 Å². The van der Waals surface area contributed by atoms with Gasteiger partial charge >= 0.3 is 17.9 Å². The molecule has 7 rings (SSSR count). The summed E-state index contributed by atoms with van der Waals surface area (Å²) in [4.78, 5) is 40.2. The van der Waals surface area contributed by atoms with E-state index < -0.39 is 100 Å². The fraction of sp³-hybridized carbons (Fsp3) is 0.553. The summed E-state index contributed by atoms with van der Waals surface area (Å²) in [5.74, 6) is -7.76. The van der Waals surface area contributed by atoms with E-state index >= 15 is 0 Å². The number of hydrogen-bond acceptors (Lipinski definition) is 12. The molecule has 0 amide bonds. The molecule has 5 aliphatic rings. The van der Waals surface area contributed by atoms with Crippen LogP contribution in [0.5, 0.6) is 0 Å². The maximum Gasteiger partial charge on any atom is 0.338 e. The van der Waals surface area contributed by atoms with Crippen LogP contribution < -0.4 is 0 Å². The Bertz CT molecular complexity index is 1710. The average Bonchev–Trinajstić information content (AvgIpc) is 3.44. The van der Waals surface area contributed by atoms with E-state index in [1.807, 2.05) is 0 Å². The van der Waals surface area contributed by atoms with Crippen LogP contribution >= 0.6 is 0 Å². The van der Waals surface area contributed by atoms with Crippen LogP contribution in [0.4, 0.5) is 0 Å². The van der Waals surface area contributed by atoms with Crippen LogP contribution in [0.25, 0.3) is 0 Å². The van der Waals surface area contributed by atoms with Gasteiger partial charge < -0.3 is 43.7 Å². The molecule has 268 valence electrons. The zero-order valence-electron chi connectivity index (χ0n) is 28.9. The highest BCUT2D eigenvalue weighted by molar-refractivity contribution is 5.90. The van der Waals surface area contributed by atoms with E-state index in [0.29, 0.717) is 5.57 Å². The highest BCUT2D eigenvalue weighted by Crippen LogP contribution is 2.71. The summed E-state index contributed by atoms with van der Waals surface area (Å²) < 4.78 is 38.3. The lowest BCUT2D eigenvalue weighted by Gasteiger charge is -2.62. The normalized spacial score (nSPS) is 45.5. The minimum atomic E-state index is -2.40. The zero-order valence-corrected chi connectivity index (χ0v) is 28.9. The van der Waals surface area contributed by atoms with E-state index in [0.717, 1.165) is 0 Å². The van der Waals surface area contributed by atoms with Crippen molar-refractivity contribution in [3.05, 3.63) is 83.9 Å². The molecule has 2 heterocycles. The molecule has 0 aromatic heterocycles. The van der Waals surface area contributed by atoms with Crippen molar-refractivity contribution in [3.63, 3.8) is 0 Å². The summed E-state index contributed by atoms with van der Waals surface area (Å²) in [6.07, 6.45) is -7.15. The van der Waals surface area contributed by atoms with Crippen molar-refractivity contribution in [3.8, 4) is 0 Å². The number of fused-ring (bicyclic) bond motifs is 2. The van der Waals surface area contributed by atoms with Crippen LogP contribution in [0.15, 0.2) is 72.8 Å². The van der Waals surface area contributed by atoms with Crippen molar-refractivity contribution in [2.75, 3.05) is 0 Å². The van der Waals surface area contributed by atoms with Crippen molar-refractivity contribution in [2.24, 2.45) is 23.7 Å². The second-order valence-corrected chi connectivity index (χ2v) is 15.0. The Morgan fingerprint density at radius 3 is 1.94 bits per heavy atom. The van der Waals surface area contributed by atoms with Crippen molar-refractivity contribution < 1.29 is 58.1 Å². The Kier molecular flexibility index (Phi) is 7.95. The molecule has 0 radical (unpaired) electrons. The summed E-state index contributed by atoms with van der Waals surface area (Å²) in [6.45, 7) is 13.5. The van der Waals surface area contributed by atoms with E-state index in [4.69, 9.17) is 28.4 Å². The van der Waals surface area contributed by atoms with Crippen molar-refractivity contribution in [1.29, 1.82) is 0 Å². The molecule has 14 atom stereocenters. The number of rotatable bonds is 6. The van der Waals surface area contributed by atoms with Crippen LogP contribution in [-0.2, 0) is 33.2 Å². The molecule has 5 fully saturated rings. The predicted octanol–water partition coefficient (Wildman–Crippen LogP) is 3.32. The van der Waals surface area contributed by atoms with Crippen LogP contribution in [0.3, 0.4) is 0 Å². The molecule has 3 bridgehead atoms. The maximum atomic E-state index is 13.8. The van der Waals surface area contributed by atoms with Crippen molar-refractivity contribution >= 4 is 17.9 Å². The van der Waals surface area contributed by atoms with Gasteiger partial charge in [0, 0.05) is 31.6 Å². The van der Waals surface area contributed by atoms with Gasteiger partial charge in [0.05, 0.1) is 22.8 Å². The first-order chi connectivity index (χ1) is 23.4. The molecule has 50 heavy (non-hydrogen) atoms. The zero-order chi connectivity index (χ0) is 36.2. The maximum absolute atomic E-state index is 13.8. The Balaban J connectivity index is 1.46. The van der Waals surface area contributed by atoms with Gasteiger partial charge in [0.25, 0.3) is 5.97 Å². The first-order valence-electron chi connectivity index (χ1n) is 17.0. The summed E-state index contributed by atoms with van der Waals surface area (Å²) in [5, 5.41) is 38.4. The number of carbonyl (C=O) groups is 3. The quantitative estimate of drug-likeness (QED) is 0.230. The molecule has 0 unspecified atom stereocenters. The van der Waals surface area contributed by atoms with Gasteiger partial charge in [-0.2, -0.15) is 0 Å². The first kappa shape index (κ1) is 34.8. The van der Waals surface area contributed by atoms with Gasteiger partial charge in [0.1, 0.15) is 29.5 Å². The van der Waals surface area contributed by atoms with E-state index in [1.165, 1.54) is 26.0 Å². The van der Waals surface area contributed by atoms with Gasteiger partial charge in [0.15, 0.2) is 11.7 Å². The predicted molar refractivity (Wildman–Crippen MR) is 174 cm³/mol. The van der Waals surface area contributed by atoms with Crippen LogP contribution in [-0.4, -0.2) is 92.1 Å². The molecule has 2 saturated heterocycles. The van der Waals surface area contributed by atoms with E-state index in [2.05, 4.69) is 6.58 Å². The highest BCUT2D eigenvalue weighted by Gasteiger charge is 2.87. The van der Waals surface area contributed by atoms with E-state index in [-0.39, 0.29) is 17.5 Å². The van der Waals surface area contributed by atoms with Gasteiger partial charge in [-0.05, 0) is 56.0 Å². The molecular weight excluding hydrogens is 648 g/mol. The molecule has 2 aromatic rings. The topological polar surface area (TPSA) is 167 Å². The Morgan fingerprint density at radius 1 is 0.840 bits per heavy atom. The van der Waals surface area contributed by atoms with Crippen LogP contribution in [0, 0.1) is 23.7 Å². The Labute approximate surface area is 290 Å². The number of carbonyl (C=O) groups excluding carboxylic acids is 3. The van der Waals surface area contributed by atoms with Crippen LogP contribution in [0.2, 0.25) is 0 Å². The third-order valence-corrected chi connectivity index (χ3v) is 11.9. The molecule has 3 aliphatic carbocycles. The fourth-order valence-corrected chi connectivity index (χ4v) is 10.1. The minimum absolute atomic E-state index is 0.125. The lowest BCUT2D eigenvalue weighted by molar-refractivity contribution is -0.429. The van der Waals surface area contributed by atoms with Gasteiger partial charge in [-0.1, -0.05) is 56.8 Å². The van der Waals surface area contributed by atoms with Gasteiger partial charge in [-0.3, -0.25) is 4.79 Å². The molecule has 0 spiro atoms. The van der Waals surface area contributed by atoms with Gasteiger partial charge in [-0.15, -0.1) is 0 Å². The first-order valence-corrected chi connectivity index (χ1v) is 17.0. The summed E-state index contributed by atoms with van der Waals surface area (Å²) in [6, 6.07) is 16.4. The lowest BCUT2D eigenvalue weighted by atomic mass is 9.52. The molecule has 12 nitrogen and oxygen atoms in total. The Hall–Kier alpha value is -3.65. The number of hydrogen-bond donors (Lipinski definition) is 3. The largest absolute Gasteiger partial charge is 0.459 e. The molecular formula is C38H44O12. The van der Waals surface area contributed by atoms with Gasteiger partial charge in [-0.25, -0.2) is 9.59 Å². The lowest BCUT2D eigenvalue weighted by Crippen LogP contribution is -2.77. The summed E-state index contributed by atoms with van der Waals surface area (Å²) >= 11 is 0.